The van der Waals surface area contributed by atoms with Crippen molar-refractivity contribution in [3.8, 4) is 11.3 Å². The van der Waals surface area contributed by atoms with Gasteiger partial charge in [0.2, 0.25) is 0 Å². The summed E-state index contributed by atoms with van der Waals surface area (Å²) in [5.41, 5.74) is 3.16. The van der Waals surface area contributed by atoms with Crippen molar-refractivity contribution < 1.29 is 0 Å². The van der Waals surface area contributed by atoms with Crippen LogP contribution in [0, 0.1) is 0 Å². The van der Waals surface area contributed by atoms with Crippen LogP contribution in [-0.2, 0) is 0 Å². The number of hydrogen-bond acceptors (Lipinski definition) is 3. The van der Waals surface area contributed by atoms with Crippen LogP contribution in [-0.4, -0.2) is 20.2 Å². The fourth-order valence-electron chi connectivity index (χ4n) is 2.04. The van der Waals surface area contributed by atoms with Crippen LogP contribution >= 0.6 is 0 Å². The molecule has 5 nitrogen and oxygen atoms in total. The summed E-state index contributed by atoms with van der Waals surface area (Å²) in [6.07, 6.45) is 1.76. The SMILES string of the molecule is CC(C)c1cc(-c2ccc3[nH]ncc3c2)nc(=O)[nH]1. The molecule has 5 heteroatoms. The van der Waals surface area contributed by atoms with Crippen LogP contribution in [0.15, 0.2) is 35.3 Å². The molecule has 0 radical (unpaired) electrons. The first kappa shape index (κ1) is 11.6. The molecule has 0 aliphatic rings. The predicted octanol–water partition coefficient (Wildman–Crippen LogP) is 2.44. The lowest BCUT2D eigenvalue weighted by Crippen LogP contribution is -2.14. The minimum Gasteiger partial charge on any atom is -0.310 e. The summed E-state index contributed by atoms with van der Waals surface area (Å²) in [5, 5.41) is 7.89. The van der Waals surface area contributed by atoms with Crippen molar-refractivity contribution in [2.45, 2.75) is 19.8 Å². The minimum absolute atomic E-state index is 0.257. The van der Waals surface area contributed by atoms with E-state index in [1.54, 1.807) is 6.20 Å². The Morgan fingerprint density at radius 1 is 1.21 bits per heavy atom. The van der Waals surface area contributed by atoms with Gasteiger partial charge < -0.3 is 4.98 Å². The van der Waals surface area contributed by atoms with Gasteiger partial charge in [-0.15, -0.1) is 0 Å². The van der Waals surface area contributed by atoms with E-state index >= 15 is 0 Å². The second-order valence-electron chi connectivity index (χ2n) is 4.85. The molecule has 0 atom stereocenters. The molecule has 1 aromatic carbocycles. The maximum atomic E-state index is 11.6. The normalized spacial score (nSPS) is 11.3. The third-order valence-electron chi connectivity index (χ3n) is 3.12. The summed E-state index contributed by atoms with van der Waals surface area (Å²) in [4.78, 5) is 18.4. The van der Waals surface area contributed by atoms with E-state index in [0.717, 1.165) is 22.2 Å². The third kappa shape index (κ3) is 2.14. The van der Waals surface area contributed by atoms with Gasteiger partial charge in [0.1, 0.15) is 0 Å². The van der Waals surface area contributed by atoms with Gasteiger partial charge in [0.15, 0.2) is 0 Å². The van der Waals surface area contributed by atoms with Gasteiger partial charge in [-0.3, -0.25) is 5.10 Å². The number of H-pyrrole nitrogens is 2. The van der Waals surface area contributed by atoms with Crippen LogP contribution in [0.25, 0.3) is 22.2 Å². The fourth-order valence-corrected chi connectivity index (χ4v) is 2.04. The standard InChI is InChI=1S/C14H14N4O/c1-8(2)12-6-13(17-14(19)16-12)9-3-4-11-10(5-9)7-15-18-11/h3-8H,1-2H3,(H,15,18)(H,16,17,19). The zero-order valence-electron chi connectivity index (χ0n) is 10.8. The molecule has 2 heterocycles. The second kappa shape index (κ2) is 4.35. The Balaban J connectivity index is 2.17. The largest absolute Gasteiger partial charge is 0.345 e. The van der Waals surface area contributed by atoms with Crippen molar-refractivity contribution in [1.29, 1.82) is 0 Å². The van der Waals surface area contributed by atoms with Gasteiger partial charge in [0.05, 0.1) is 17.4 Å². The lowest BCUT2D eigenvalue weighted by Gasteiger charge is -2.07. The molecule has 2 aromatic heterocycles. The van der Waals surface area contributed by atoms with Gasteiger partial charge in [-0.05, 0) is 24.1 Å². The van der Waals surface area contributed by atoms with E-state index in [1.807, 2.05) is 38.1 Å². The van der Waals surface area contributed by atoms with Gasteiger partial charge in [0.25, 0.3) is 0 Å². The molecule has 0 aliphatic carbocycles. The van der Waals surface area contributed by atoms with Gasteiger partial charge in [-0.25, -0.2) is 4.79 Å². The molecule has 0 unspecified atom stereocenters. The topological polar surface area (TPSA) is 74.4 Å². The highest BCUT2D eigenvalue weighted by molar-refractivity contribution is 5.83. The first-order valence-corrected chi connectivity index (χ1v) is 6.18. The molecule has 19 heavy (non-hydrogen) atoms. The summed E-state index contributed by atoms with van der Waals surface area (Å²) in [5.74, 6) is 0.257. The van der Waals surface area contributed by atoms with Crippen LogP contribution in [0.5, 0.6) is 0 Å². The van der Waals surface area contributed by atoms with E-state index in [2.05, 4.69) is 20.2 Å². The Labute approximate surface area is 109 Å². The Hall–Kier alpha value is -2.43. The van der Waals surface area contributed by atoms with E-state index in [9.17, 15) is 4.79 Å². The van der Waals surface area contributed by atoms with E-state index in [4.69, 9.17) is 0 Å². The number of fused-ring (bicyclic) bond motifs is 1. The number of hydrogen-bond donors (Lipinski definition) is 2. The molecule has 0 spiro atoms. The van der Waals surface area contributed by atoms with Crippen LogP contribution in [0.3, 0.4) is 0 Å². The van der Waals surface area contributed by atoms with E-state index in [0.29, 0.717) is 5.69 Å². The van der Waals surface area contributed by atoms with E-state index in [1.165, 1.54) is 0 Å². The predicted molar refractivity (Wildman–Crippen MR) is 74.0 cm³/mol. The van der Waals surface area contributed by atoms with Crippen molar-refractivity contribution in [1.82, 2.24) is 20.2 Å². The number of benzene rings is 1. The van der Waals surface area contributed by atoms with Crippen molar-refractivity contribution in [3.63, 3.8) is 0 Å². The van der Waals surface area contributed by atoms with Gasteiger partial charge >= 0.3 is 5.69 Å². The van der Waals surface area contributed by atoms with Gasteiger partial charge in [0, 0.05) is 16.6 Å². The van der Waals surface area contributed by atoms with E-state index < -0.39 is 0 Å². The average molecular weight is 254 g/mol. The molecule has 3 rings (SSSR count). The molecule has 2 N–H and O–H groups in total. The maximum absolute atomic E-state index is 11.6. The van der Waals surface area contributed by atoms with Gasteiger partial charge in [-0.1, -0.05) is 19.9 Å². The quantitative estimate of drug-likeness (QED) is 0.737. The zero-order chi connectivity index (χ0) is 13.4. The molecule has 3 aromatic rings. The smallest absolute Gasteiger partial charge is 0.310 e. The second-order valence-corrected chi connectivity index (χ2v) is 4.85. The zero-order valence-corrected chi connectivity index (χ0v) is 10.8. The molecule has 0 saturated heterocycles. The van der Waals surface area contributed by atoms with Crippen LogP contribution < -0.4 is 5.69 Å². The molecule has 0 fully saturated rings. The van der Waals surface area contributed by atoms with Crippen molar-refractivity contribution >= 4 is 10.9 Å². The molecule has 0 bridgehead atoms. The number of nitrogens with one attached hydrogen (secondary N) is 2. The monoisotopic (exact) mass is 254 g/mol. The van der Waals surface area contributed by atoms with Crippen LogP contribution in [0.1, 0.15) is 25.5 Å². The Kier molecular flexibility index (Phi) is 2.67. The lowest BCUT2D eigenvalue weighted by atomic mass is 10.1. The number of aromatic nitrogens is 4. The fraction of sp³-hybridized carbons (Fsp3) is 0.214. The summed E-state index contributed by atoms with van der Waals surface area (Å²) < 4.78 is 0. The number of aromatic amines is 2. The Morgan fingerprint density at radius 3 is 2.84 bits per heavy atom. The summed E-state index contributed by atoms with van der Waals surface area (Å²) in [7, 11) is 0. The van der Waals surface area contributed by atoms with Crippen LogP contribution in [0.4, 0.5) is 0 Å². The summed E-state index contributed by atoms with van der Waals surface area (Å²) in [6, 6.07) is 7.78. The molecular formula is C14H14N4O. The van der Waals surface area contributed by atoms with E-state index in [-0.39, 0.29) is 11.6 Å². The summed E-state index contributed by atoms with van der Waals surface area (Å²) >= 11 is 0. The molecule has 0 amide bonds. The molecule has 96 valence electrons. The van der Waals surface area contributed by atoms with Crippen molar-refractivity contribution in [3.05, 3.63) is 46.6 Å². The highest BCUT2D eigenvalue weighted by atomic mass is 16.1. The molecule has 0 saturated carbocycles. The number of nitrogens with zero attached hydrogens (tertiary/aromatic N) is 2. The maximum Gasteiger partial charge on any atom is 0.345 e. The minimum atomic E-state index is -0.312. The summed E-state index contributed by atoms with van der Waals surface area (Å²) in [6.45, 7) is 4.07. The Morgan fingerprint density at radius 2 is 2.05 bits per heavy atom. The number of rotatable bonds is 2. The molecule has 0 aliphatic heterocycles. The first-order chi connectivity index (χ1) is 9.13. The van der Waals surface area contributed by atoms with Crippen molar-refractivity contribution in [2.75, 3.05) is 0 Å². The lowest BCUT2D eigenvalue weighted by molar-refractivity contribution is 0.803. The van der Waals surface area contributed by atoms with Crippen molar-refractivity contribution in [2.24, 2.45) is 0 Å². The van der Waals surface area contributed by atoms with Crippen LogP contribution in [0.2, 0.25) is 0 Å². The third-order valence-corrected chi connectivity index (χ3v) is 3.12. The Bertz CT molecular complexity index is 785. The first-order valence-electron chi connectivity index (χ1n) is 6.18. The average Bonchev–Trinajstić information content (AvgIpc) is 2.85. The highest BCUT2D eigenvalue weighted by Gasteiger charge is 2.07. The van der Waals surface area contributed by atoms with Gasteiger partial charge in [-0.2, -0.15) is 10.1 Å². The highest BCUT2D eigenvalue weighted by Crippen LogP contribution is 2.22. The molecular weight excluding hydrogens is 240 g/mol.